The Labute approximate surface area is 80.2 Å². The number of piperidine rings is 1. The lowest BCUT2D eigenvalue weighted by atomic mass is 9.88. The number of hydrogen-bond acceptors (Lipinski definition) is 3. The first kappa shape index (κ1) is 9.44. The van der Waals surface area contributed by atoms with Crippen molar-refractivity contribution < 1.29 is 4.74 Å². The molecule has 3 heteroatoms. The molecule has 2 atom stereocenters. The second kappa shape index (κ2) is 4.40. The molecule has 0 spiro atoms. The van der Waals surface area contributed by atoms with Crippen LogP contribution in [0, 0.1) is 5.92 Å². The molecular weight excluding hydrogens is 164 g/mol. The van der Waals surface area contributed by atoms with Crippen molar-refractivity contribution in [2.75, 3.05) is 32.8 Å². The van der Waals surface area contributed by atoms with Crippen LogP contribution in [0.15, 0.2) is 0 Å². The molecule has 76 valence electrons. The summed E-state index contributed by atoms with van der Waals surface area (Å²) in [5, 5.41) is 0. The minimum atomic E-state index is 0.558. The minimum Gasteiger partial charge on any atom is -0.378 e. The van der Waals surface area contributed by atoms with Crippen LogP contribution in [0.3, 0.4) is 0 Å². The average molecular weight is 184 g/mol. The summed E-state index contributed by atoms with van der Waals surface area (Å²) >= 11 is 0. The van der Waals surface area contributed by atoms with E-state index < -0.39 is 0 Å². The number of nitrogens with two attached hydrogens (primary N) is 1. The molecule has 2 N–H and O–H groups in total. The van der Waals surface area contributed by atoms with E-state index in [0.29, 0.717) is 6.10 Å². The monoisotopic (exact) mass is 184 g/mol. The Kier molecular flexibility index (Phi) is 3.19. The number of fused-ring (bicyclic) bond motifs is 1. The molecule has 0 aromatic carbocycles. The summed E-state index contributed by atoms with van der Waals surface area (Å²) < 4.78 is 5.75. The van der Waals surface area contributed by atoms with Gasteiger partial charge in [0, 0.05) is 32.8 Å². The molecular formula is C10H20N2O. The third kappa shape index (κ3) is 2.22. The van der Waals surface area contributed by atoms with Crippen molar-refractivity contribution in [2.24, 2.45) is 11.7 Å². The van der Waals surface area contributed by atoms with Gasteiger partial charge in [0.15, 0.2) is 0 Å². The highest BCUT2D eigenvalue weighted by atomic mass is 16.5. The maximum Gasteiger partial charge on any atom is 0.0627 e. The molecule has 0 aromatic heterocycles. The van der Waals surface area contributed by atoms with Crippen molar-refractivity contribution in [2.45, 2.75) is 25.4 Å². The van der Waals surface area contributed by atoms with Gasteiger partial charge in [0.05, 0.1) is 6.10 Å². The topological polar surface area (TPSA) is 38.5 Å². The zero-order valence-electron chi connectivity index (χ0n) is 8.24. The van der Waals surface area contributed by atoms with Gasteiger partial charge in [0.25, 0.3) is 0 Å². The van der Waals surface area contributed by atoms with E-state index >= 15 is 0 Å². The summed E-state index contributed by atoms with van der Waals surface area (Å²) in [6.45, 7) is 5.22. The summed E-state index contributed by atoms with van der Waals surface area (Å²) in [6, 6.07) is 0. The van der Waals surface area contributed by atoms with Gasteiger partial charge >= 0.3 is 0 Å². The van der Waals surface area contributed by atoms with Crippen molar-refractivity contribution in [1.29, 1.82) is 0 Å². The quantitative estimate of drug-likeness (QED) is 0.677. The molecule has 0 amide bonds. The molecule has 2 aliphatic heterocycles. The van der Waals surface area contributed by atoms with E-state index in [9.17, 15) is 0 Å². The lowest BCUT2D eigenvalue weighted by Crippen LogP contribution is -2.47. The van der Waals surface area contributed by atoms with Crippen LogP contribution in [-0.4, -0.2) is 43.8 Å². The SMILES string of the molecule is NCCN1CCC2OCCCC2C1. The van der Waals surface area contributed by atoms with Crippen LogP contribution < -0.4 is 5.73 Å². The number of hydrogen-bond donors (Lipinski definition) is 1. The molecule has 0 aliphatic carbocycles. The van der Waals surface area contributed by atoms with Gasteiger partial charge in [-0.3, -0.25) is 0 Å². The van der Waals surface area contributed by atoms with Crippen molar-refractivity contribution in [1.82, 2.24) is 4.90 Å². The van der Waals surface area contributed by atoms with E-state index in [4.69, 9.17) is 10.5 Å². The molecule has 2 unspecified atom stereocenters. The number of nitrogens with zero attached hydrogens (tertiary/aromatic N) is 1. The first-order chi connectivity index (χ1) is 6.40. The molecule has 2 saturated heterocycles. The van der Waals surface area contributed by atoms with Gasteiger partial charge in [-0.05, 0) is 25.2 Å². The Morgan fingerprint density at radius 2 is 2.31 bits per heavy atom. The predicted octanol–water partition coefficient (Wildman–Crippen LogP) is 0.446. The fourth-order valence-electron chi connectivity index (χ4n) is 2.55. The van der Waals surface area contributed by atoms with E-state index in [1.807, 2.05) is 0 Å². The molecule has 3 nitrogen and oxygen atoms in total. The Morgan fingerprint density at radius 1 is 1.38 bits per heavy atom. The lowest BCUT2D eigenvalue weighted by Gasteiger charge is -2.40. The maximum absolute atomic E-state index is 5.75. The Morgan fingerprint density at radius 3 is 3.15 bits per heavy atom. The molecule has 0 saturated carbocycles. The molecule has 2 aliphatic rings. The van der Waals surface area contributed by atoms with Gasteiger partial charge in [-0.25, -0.2) is 0 Å². The number of likely N-dealkylation sites (tertiary alicyclic amines) is 1. The fourth-order valence-corrected chi connectivity index (χ4v) is 2.55. The van der Waals surface area contributed by atoms with Crippen LogP contribution in [-0.2, 0) is 4.74 Å². The summed E-state index contributed by atoms with van der Waals surface area (Å²) in [6.07, 6.45) is 4.37. The van der Waals surface area contributed by atoms with Gasteiger partial charge in [-0.2, -0.15) is 0 Å². The third-order valence-corrected chi connectivity index (χ3v) is 3.24. The van der Waals surface area contributed by atoms with Gasteiger partial charge in [-0.15, -0.1) is 0 Å². The number of rotatable bonds is 2. The Hall–Kier alpha value is -0.120. The summed E-state index contributed by atoms with van der Waals surface area (Å²) in [7, 11) is 0. The normalized spacial score (nSPS) is 35.8. The van der Waals surface area contributed by atoms with Crippen LogP contribution in [0.4, 0.5) is 0 Å². The van der Waals surface area contributed by atoms with E-state index in [-0.39, 0.29) is 0 Å². The molecule has 2 rings (SSSR count). The highest BCUT2D eigenvalue weighted by molar-refractivity contribution is 4.83. The largest absolute Gasteiger partial charge is 0.378 e. The first-order valence-corrected chi connectivity index (χ1v) is 5.44. The van der Waals surface area contributed by atoms with Crippen LogP contribution in [0.1, 0.15) is 19.3 Å². The zero-order valence-corrected chi connectivity index (χ0v) is 8.24. The average Bonchev–Trinajstić information content (AvgIpc) is 2.18. The predicted molar refractivity (Wildman–Crippen MR) is 52.6 cm³/mol. The summed E-state index contributed by atoms with van der Waals surface area (Å²) in [5.41, 5.74) is 5.55. The third-order valence-electron chi connectivity index (χ3n) is 3.24. The number of ether oxygens (including phenoxy) is 1. The first-order valence-electron chi connectivity index (χ1n) is 5.44. The van der Waals surface area contributed by atoms with Gasteiger partial charge in [0.2, 0.25) is 0 Å². The van der Waals surface area contributed by atoms with E-state index in [1.54, 1.807) is 0 Å². The fraction of sp³-hybridized carbons (Fsp3) is 1.00. The second-order valence-corrected chi connectivity index (χ2v) is 4.19. The van der Waals surface area contributed by atoms with Crippen molar-refractivity contribution in [3.05, 3.63) is 0 Å². The van der Waals surface area contributed by atoms with Crippen molar-refractivity contribution in [3.8, 4) is 0 Å². The highest BCUT2D eigenvalue weighted by Gasteiger charge is 2.31. The van der Waals surface area contributed by atoms with Crippen LogP contribution in [0.2, 0.25) is 0 Å². The molecule has 0 aromatic rings. The van der Waals surface area contributed by atoms with Crippen molar-refractivity contribution in [3.63, 3.8) is 0 Å². The minimum absolute atomic E-state index is 0.558. The smallest absolute Gasteiger partial charge is 0.0627 e. The molecule has 2 heterocycles. The van der Waals surface area contributed by atoms with Crippen molar-refractivity contribution >= 4 is 0 Å². The summed E-state index contributed by atoms with van der Waals surface area (Å²) in [4.78, 5) is 2.48. The lowest BCUT2D eigenvalue weighted by molar-refractivity contribution is -0.0655. The van der Waals surface area contributed by atoms with Gasteiger partial charge in [0.1, 0.15) is 0 Å². The van der Waals surface area contributed by atoms with Gasteiger partial charge < -0.3 is 15.4 Å². The maximum atomic E-state index is 5.75. The van der Waals surface area contributed by atoms with E-state index in [1.165, 1.54) is 32.4 Å². The highest BCUT2D eigenvalue weighted by Crippen LogP contribution is 2.27. The molecule has 0 bridgehead atoms. The van der Waals surface area contributed by atoms with Crippen LogP contribution >= 0.6 is 0 Å². The Balaban J connectivity index is 1.84. The molecule has 2 fully saturated rings. The van der Waals surface area contributed by atoms with Gasteiger partial charge in [-0.1, -0.05) is 0 Å². The molecule has 0 radical (unpaired) electrons. The van der Waals surface area contributed by atoms with E-state index in [0.717, 1.165) is 25.6 Å². The van der Waals surface area contributed by atoms with Crippen LogP contribution in [0.5, 0.6) is 0 Å². The Bertz CT molecular complexity index is 163. The second-order valence-electron chi connectivity index (χ2n) is 4.19. The van der Waals surface area contributed by atoms with Crippen LogP contribution in [0.25, 0.3) is 0 Å². The molecule has 13 heavy (non-hydrogen) atoms. The standard InChI is InChI=1S/C10H20N2O/c11-4-6-12-5-3-10-9(8-12)2-1-7-13-10/h9-10H,1-8,11H2. The van der Waals surface area contributed by atoms with E-state index in [2.05, 4.69) is 4.90 Å². The zero-order chi connectivity index (χ0) is 9.10. The summed E-state index contributed by atoms with van der Waals surface area (Å²) in [5.74, 6) is 0.786.